The molecule has 0 saturated heterocycles. The molecule has 0 bridgehead atoms. The molecule has 1 amide bonds. The summed E-state index contributed by atoms with van der Waals surface area (Å²) in [5.41, 5.74) is 1.34. The summed E-state index contributed by atoms with van der Waals surface area (Å²) in [5.74, 6) is -0.748. The highest BCUT2D eigenvalue weighted by atomic mass is 35.5. The zero-order valence-electron chi connectivity index (χ0n) is 11.9. The van der Waals surface area contributed by atoms with Crippen molar-refractivity contribution in [3.05, 3.63) is 51.4 Å². The lowest BCUT2D eigenvalue weighted by Crippen LogP contribution is -2.21. The molecule has 0 aliphatic carbocycles. The smallest absolute Gasteiger partial charge is 0.342 e. The molecule has 22 heavy (non-hydrogen) atoms. The number of hydrogen-bond donors (Lipinski definition) is 1. The van der Waals surface area contributed by atoms with E-state index in [9.17, 15) is 9.59 Å². The molecule has 2 aromatic rings. The van der Waals surface area contributed by atoms with E-state index in [-0.39, 0.29) is 5.56 Å². The van der Waals surface area contributed by atoms with Crippen molar-refractivity contribution in [2.75, 3.05) is 11.9 Å². The third-order valence-electron chi connectivity index (χ3n) is 2.96. The standard InChI is InChI=1S/C15H13Cl2NO4/c1-8-3-4-11(16)14(13(8)17)18-12(19)7-22-15(20)10-5-6-21-9(10)2/h3-6H,7H2,1-2H3,(H,18,19). The number of anilines is 1. The Balaban J connectivity index is 1.98. The summed E-state index contributed by atoms with van der Waals surface area (Å²) in [7, 11) is 0. The fraction of sp³-hybridized carbons (Fsp3) is 0.200. The van der Waals surface area contributed by atoms with Crippen molar-refractivity contribution in [1.29, 1.82) is 0 Å². The van der Waals surface area contributed by atoms with E-state index in [4.69, 9.17) is 32.4 Å². The Bertz CT molecular complexity index is 724. The van der Waals surface area contributed by atoms with E-state index in [1.54, 1.807) is 26.0 Å². The minimum absolute atomic E-state index is 0.277. The number of halogens is 2. The summed E-state index contributed by atoms with van der Waals surface area (Å²) in [4.78, 5) is 23.6. The number of esters is 1. The number of carbonyl (C=O) groups excluding carboxylic acids is 2. The Morgan fingerprint density at radius 1 is 1.23 bits per heavy atom. The van der Waals surface area contributed by atoms with Crippen molar-refractivity contribution in [3.8, 4) is 0 Å². The van der Waals surface area contributed by atoms with E-state index < -0.39 is 18.5 Å². The Kier molecular flexibility index (Phi) is 5.11. The van der Waals surface area contributed by atoms with Crippen molar-refractivity contribution >= 4 is 40.8 Å². The maximum atomic E-state index is 11.9. The summed E-state index contributed by atoms with van der Waals surface area (Å²) in [6.45, 7) is 2.96. The van der Waals surface area contributed by atoms with Crippen LogP contribution in [-0.4, -0.2) is 18.5 Å². The number of benzene rings is 1. The highest BCUT2D eigenvalue weighted by Crippen LogP contribution is 2.32. The predicted molar refractivity (Wildman–Crippen MR) is 83.6 cm³/mol. The quantitative estimate of drug-likeness (QED) is 0.853. The summed E-state index contributed by atoms with van der Waals surface area (Å²) in [6.07, 6.45) is 1.37. The first-order chi connectivity index (χ1) is 10.4. The lowest BCUT2D eigenvalue weighted by molar-refractivity contribution is -0.119. The van der Waals surface area contributed by atoms with Gasteiger partial charge in [-0.3, -0.25) is 4.79 Å². The summed E-state index contributed by atoms with van der Waals surface area (Å²) in [5, 5.41) is 3.18. The van der Waals surface area contributed by atoms with Gasteiger partial charge < -0.3 is 14.5 Å². The van der Waals surface area contributed by atoms with Crippen molar-refractivity contribution in [3.63, 3.8) is 0 Å². The molecule has 0 aliphatic rings. The lowest BCUT2D eigenvalue weighted by Gasteiger charge is -2.11. The SMILES string of the molecule is Cc1ccc(Cl)c(NC(=O)COC(=O)c2ccoc2C)c1Cl. The van der Waals surface area contributed by atoms with Gasteiger partial charge in [0.1, 0.15) is 11.3 Å². The van der Waals surface area contributed by atoms with E-state index in [2.05, 4.69) is 5.32 Å². The number of rotatable bonds is 4. The van der Waals surface area contributed by atoms with Crippen LogP contribution in [0.5, 0.6) is 0 Å². The number of hydrogen-bond acceptors (Lipinski definition) is 4. The molecule has 5 nitrogen and oxygen atoms in total. The summed E-state index contributed by atoms with van der Waals surface area (Å²) < 4.78 is 9.91. The number of carbonyl (C=O) groups is 2. The van der Waals surface area contributed by atoms with Crippen LogP contribution < -0.4 is 5.32 Å². The lowest BCUT2D eigenvalue weighted by atomic mass is 10.2. The second kappa shape index (κ2) is 6.85. The highest BCUT2D eigenvalue weighted by Gasteiger charge is 2.16. The van der Waals surface area contributed by atoms with Crippen LogP contribution >= 0.6 is 23.2 Å². The molecule has 0 radical (unpaired) electrons. The molecule has 116 valence electrons. The van der Waals surface area contributed by atoms with Crippen LogP contribution in [0.25, 0.3) is 0 Å². The molecule has 0 saturated carbocycles. The van der Waals surface area contributed by atoms with Gasteiger partial charge in [0.15, 0.2) is 6.61 Å². The predicted octanol–water partition coefficient (Wildman–Crippen LogP) is 4.00. The highest BCUT2D eigenvalue weighted by molar-refractivity contribution is 6.40. The molecule has 1 N–H and O–H groups in total. The number of ether oxygens (including phenoxy) is 1. The van der Waals surface area contributed by atoms with E-state index in [0.29, 0.717) is 21.5 Å². The second-order valence-corrected chi connectivity index (χ2v) is 5.35. The van der Waals surface area contributed by atoms with Gasteiger partial charge in [0.05, 0.1) is 22.0 Å². The first kappa shape index (κ1) is 16.4. The number of nitrogens with one attached hydrogen (secondary N) is 1. The largest absolute Gasteiger partial charge is 0.469 e. The average Bonchev–Trinajstić information content (AvgIpc) is 2.91. The van der Waals surface area contributed by atoms with E-state index in [0.717, 1.165) is 5.56 Å². The van der Waals surface area contributed by atoms with E-state index >= 15 is 0 Å². The van der Waals surface area contributed by atoms with E-state index in [1.807, 2.05) is 0 Å². The van der Waals surface area contributed by atoms with Gasteiger partial charge >= 0.3 is 5.97 Å². The fourth-order valence-electron chi connectivity index (χ4n) is 1.75. The van der Waals surface area contributed by atoms with Crippen LogP contribution in [0, 0.1) is 13.8 Å². The van der Waals surface area contributed by atoms with Gasteiger partial charge in [-0.25, -0.2) is 4.79 Å². The Morgan fingerprint density at radius 2 is 1.95 bits per heavy atom. The van der Waals surface area contributed by atoms with Crippen molar-refractivity contribution < 1.29 is 18.7 Å². The van der Waals surface area contributed by atoms with Crippen LogP contribution in [0.15, 0.2) is 28.9 Å². The minimum Gasteiger partial charge on any atom is -0.469 e. The molecule has 1 aromatic carbocycles. The van der Waals surface area contributed by atoms with Gasteiger partial charge in [-0.2, -0.15) is 0 Å². The molecule has 0 unspecified atom stereocenters. The maximum Gasteiger partial charge on any atom is 0.342 e. The molecule has 0 fully saturated rings. The summed E-state index contributed by atoms with van der Waals surface area (Å²) >= 11 is 12.1. The molecule has 2 rings (SSSR count). The molecule has 0 spiro atoms. The number of amides is 1. The monoisotopic (exact) mass is 341 g/mol. The number of aryl methyl sites for hydroxylation is 2. The first-order valence-corrected chi connectivity index (χ1v) is 7.11. The van der Waals surface area contributed by atoms with Gasteiger partial charge in [-0.1, -0.05) is 29.3 Å². The van der Waals surface area contributed by atoms with Gasteiger partial charge in [-0.15, -0.1) is 0 Å². The summed E-state index contributed by atoms with van der Waals surface area (Å²) in [6, 6.07) is 4.84. The fourth-order valence-corrected chi connectivity index (χ4v) is 2.22. The molecule has 1 aromatic heterocycles. The Morgan fingerprint density at radius 3 is 2.59 bits per heavy atom. The van der Waals surface area contributed by atoms with Crippen LogP contribution in [0.3, 0.4) is 0 Å². The topological polar surface area (TPSA) is 68.5 Å². The van der Waals surface area contributed by atoms with Gasteiger partial charge in [0.25, 0.3) is 5.91 Å². The third kappa shape index (κ3) is 3.61. The normalized spacial score (nSPS) is 10.4. The zero-order chi connectivity index (χ0) is 16.3. The molecule has 0 aliphatic heterocycles. The van der Waals surface area contributed by atoms with Crippen molar-refractivity contribution in [2.45, 2.75) is 13.8 Å². The van der Waals surface area contributed by atoms with Gasteiger partial charge in [0.2, 0.25) is 0 Å². The molecular formula is C15H13Cl2NO4. The maximum absolute atomic E-state index is 11.9. The Labute approximate surface area is 137 Å². The van der Waals surface area contributed by atoms with Gasteiger partial charge in [0, 0.05) is 0 Å². The average molecular weight is 342 g/mol. The van der Waals surface area contributed by atoms with Crippen LogP contribution in [0.1, 0.15) is 21.7 Å². The number of furan rings is 1. The first-order valence-electron chi connectivity index (χ1n) is 6.36. The van der Waals surface area contributed by atoms with Crippen LogP contribution in [0.2, 0.25) is 10.0 Å². The van der Waals surface area contributed by atoms with Crippen molar-refractivity contribution in [1.82, 2.24) is 0 Å². The zero-order valence-corrected chi connectivity index (χ0v) is 13.4. The van der Waals surface area contributed by atoms with Crippen LogP contribution in [-0.2, 0) is 9.53 Å². The molecule has 0 atom stereocenters. The van der Waals surface area contributed by atoms with Crippen molar-refractivity contribution in [2.24, 2.45) is 0 Å². The van der Waals surface area contributed by atoms with Gasteiger partial charge in [-0.05, 0) is 31.5 Å². The molecule has 7 heteroatoms. The Hall–Kier alpha value is -1.98. The third-order valence-corrected chi connectivity index (χ3v) is 3.76. The second-order valence-electron chi connectivity index (χ2n) is 4.57. The van der Waals surface area contributed by atoms with E-state index in [1.165, 1.54) is 12.3 Å². The minimum atomic E-state index is -0.636. The molecular weight excluding hydrogens is 329 g/mol. The molecule has 1 heterocycles. The van der Waals surface area contributed by atoms with Crippen LogP contribution in [0.4, 0.5) is 5.69 Å².